The summed E-state index contributed by atoms with van der Waals surface area (Å²) in [5.41, 5.74) is 6.28. The Morgan fingerprint density at radius 2 is 2.10 bits per heavy atom. The first-order valence-corrected chi connectivity index (χ1v) is 6.89. The third-order valence-electron chi connectivity index (χ3n) is 2.88. The van der Waals surface area contributed by atoms with E-state index in [1.165, 1.54) is 11.3 Å². The van der Waals surface area contributed by atoms with Crippen LogP contribution in [0.1, 0.15) is 15.2 Å². The van der Waals surface area contributed by atoms with Gasteiger partial charge in [-0.2, -0.15) is 0 Å². The number of anilines is 2. The first-order chi connectivity index (χ1) is 9.69. The summed E-state index contributed by atoms with van der Waals surface area (Å²) >= 11 is 1.23. The van der Waals surface area contributed by atoms with Crippen LogP contribution in [0.5, 0.6) is 11.5 Å². The molecule has 0 atom stereocenters. The Bertz CT molecular complexity index is 669. The van der Waals surface area contributed by atoms with Crippen molar-refractivity contribution < 1.29 is 14.3 Å². The number of ether oxygens (including phenoxy) is 2. The summed E-state index contributed by atoms with van der Waals surface area (Å²) in [4.78, 5) is 16.9. The van der Waals surface area contributed by atoms with Crippen molar-refractivity contribution in [1.82, 2.24) is 4.98 Å². The minimum Gasteiger partial charge on any atom is -0.486 e. The maximum Gasteiger partial charge on any atom is 0.206 e. The summed E-state index contributed by atoms with van der Waals surface area (Å²) in [6, 6.07) is 5.11. The molecule has 0 bridgehead atoms. The van der Waals surface area contributed by atoms with Crippen LogP contribution in [-0.4, -0.2) is 31.0 Å². The molecule has 3 rings (SSSR count). The molecule has 1 aromatic heterocycles. The van der Waals surface area contributed by atoms with Crippen molar-refractivity contribution in [2.24, 2.45) is 0 Å². The molecule has 3 N–H and O–H groups in total. The van der Waals surface area contributed by atoms with E-state index in [-0.39, 0.29) is 11.6 Å². The number of ketones is 1. The lowest BCUT2D eigenvalue weighted by Gasteiger charge is -2.18. The predicted molar refractivity (Wildman–Crippen MR) is 76.9 cm³/mol. The van der Waals surface area contributed by atoms with Crippen molar-refractivity contribution in [2.75, 3.05) is 31.3 Å². The number of nitrogen functional groups attached to an aromatic ring is 1. The topological polar surface area (TPSA) is 86.5 Å². The summed E-state index contributed by atoms with van der Waals surface area (Å²) in [7, 11) is 1.73. The highest BCUT2D eigenvalue weighted by molar-refractivity contribution is 7.18. The van der Waals surface area contributed by atoms with Crippen molar-refractivity contribution >= 4 is 28.1 Å². The number of aromatic nitrogens is 1. The third-order valence-corrected chi connectivity index (χ3v) is 3.97. The normalized spacial score (nSPS) is 13.1. The van der Waals surface area contributed by atoms with E-state index in [0.717, 1.165) is 0 Å². The van der Waals surface area contributed by atoms with E-state index in [1.54, 1.807) is 25.2 Å². The van der Waals surface area contributed by atoms with Gasteiger partial charge >= 0.3 is 0 Å². The Hall–Kier alpha value is -2.28. The molecule has 0 fully saturated rings. The standard InChI is InChI=1S/C13H13N3O3S/c1-15-13-16-12(14)11(20-13)10(17)7-2-3-8-9(6-7)19-5-4-18-8/h2-3,6H,4-5,14H2,1H3,(H,15,16). The maximum absolute atomic E-state index is 12.4. The minimum absolute atomic E-state index is 0.168. The second kappa shape index (κ2) is 5.01. The Morgan fingerprint density at radius 1 is 1.35 bits per heavy atom. The van der Waals surface area contributed by atoms with E-state index in [0.29, 0.717) is 40.3 Å². The molecule has 1 aromatic carbocycles. The van der Waals surface area contributed by atoms with Gasteiger partial charge in [0, 0.05) is 12.6 Å². The van der Waals surface area contributed by atoms with Gasteiger partial charge in [0.15, 0.2) is 16.6 Å². The van der Waals surface area contributed by atoms with Gasteiger partial charge in [0.1, 0.15) is 23.9 Å². The lowest BCUT2D eigenvalue weighted by atomic mass is 10.1. The lowest BCUT2D eigenvalue weighted by Crippen LogP contribution is -2.15. The molecule has 0 spiro atoms. The fourth-order valence-electron chi connectivity index (χ4n) is 1.92. The molecule has 20 heavy (non-hydrogen) atoms. The number of rotatable bonds is 3. The molecule has 0 aliphatic carbocycles. The fraction of sp³-hybridized carbons (Fsp3) is 0.231. The average Bonchev–Trinajstić information content (AvgIpc) is 2.87. The molecular weight excluding hydrogens is 278 g/mol. The second-order valence-corrected chi connectivity index (χ2v) is 5.17. The molecule has 2 heterocycles. The van der Waals surface area contributed by atoms with Crippen LogP contribution >= 0.6 is 11.3 Å². The Morgan fingerprint density at radius 3 is 2.80 bits per heavy atom. The van der Waals surface area contributed by atoms with Gasteiger partial charge in [0.25, 0.3) is 0 Å². The molecular formula is C13H13N3O3S. The molecule has 104 valence electrons. The van der Waals surface area contributed by atoms with Crippen LogP contribution in [0.2, 0.25) is 0 Å². The van der Waals surface area contributed by atoms with Crippen LogP contribution < -0.4 is 20.5 Å². The van der Waals surface area contributed by atoms with Crippen LogP contribution in [0.4, 0.5) is 10.9 Å². The summed E-state index contributed by atoms with van der Waals surface area (Å²) in [6.45, 7) is 1.00. The first-order valence-electron chi connectivity index (χ1n) is 6.07. The van der Waals surface area contributed by atoms with Crippen LogP contribution in [0.25, 0.3) is 0 Å². The predicted octanol–water partition coefficient (Wildman–Crippen LogP) is 1.77. The Balaban J connectivity index is 1.95. The van der Waals surface area contributed by atoms with Gasteiger partial charge in [-0.05, 0) is 18.2 Å². The van der Waals surface area contributed by atoms with Crippen LogP contribution in [0, 0.1) is 0 Å². The number of fused-ring (bicyclic) bond motifs is 1. The Kier molecular flexibility index (Phi) is 3.19. The average molecular weight is 291 g/mol. The molecule has 2 aromatic rings. The van der Waals surface area contributed by atoms with E-state index in [2.05, 4.69) is 10.3 Å². The van der Waals surface area contributed by atoms with Gasteiger partial charge in [-0.1, -0.05) is 11.3 Å². The van der Waals surface area contributed by atoms with Crippen molar-refractivity contribution in [3.8, 4) is 11.5 Å². The maximum atomic E-state index is 12.4. The van der Waals surface area contributed by atoms with Gasteiger partial charge in [0.05, 0.1) is 0 Å². The number of thiazole rings is 1. The van der Waals surface area contributed by atoms with Crippen LogP contribution in [-0.2, 0) is 0 Å². The molecule has 0 saturated heterocycles. The monoisotopic (exact) mass is 291 g/mol. The summed E-state index contributed by atoms with van der Waals surface area (Å²) in [5, 5.41) is 3.49. The van der Waals surface area contributed by atoms with Crippen LogP contribution in [0.15, 0.2) is 18.2 Å². The highest BCUT2D eigenvalue weighted by Crippen LogP contribution is 2.33. The zero-order valence-corrected chi connectivity index (χ0v) is 11.6. The quantitative estimate of drug-likeness (QED) is 0.838. The smallest absolute Gasteiger partial charge is 0.206 e. The number of hydrogen-bond donors (Lipinski definition) is 2. The van der Waals surface area contributed by atoms with Crippen molar-refractivity contribution in [2.45, 2.75) is 0 Å². The minimum atomic E-state index is -0.168. The van der Waals surface area contributed by atoms with Crippen molar-refractivity contribution in [3.05, 3.63) is 28.6 Å². The van der Waals surface area contributed by atoms with Gasteiger partial charge in [0.2, 0.25) is 5.78 Å². The molecule has 6 nitrogen and oxygen atoms in total. The highest BCUT2D eigenvalue weighted by Gasteiger charge is 2.20. The van der Waals surface area contributed by atoms with Crippen molar-refractivity contribution in [3.63, 3.8) is 0 Å². The largest absolute Gasteiger partial charge is 0.486 e. The van der Waals surface area contributed by atoms with Gasteiger partial charge in [-0.15, -0.1) is 0 Å². The summed E-state index contributed by atoms with van der Waals surface area (Å²) in [6.07, 6.45) is 0. The molecule has 7 heteroatoms. The Labute approximate surface area is 119 Å². The first kappa shape index (κ1) is 12.7. The third kappa shape index (κ3) is 2.16. The SMILES string of the molecule is CNc1nc(N)c(C(=O)c2ccc3c(c2)OCCO3)s1. The zero-order chi connectivity index (χ0) is 14.1. The molecule has 1 aliphatic heterocycles. The highest BCUT2D eigenvalue weighted by atomic mass is 32.1. The van der Waals surface area contributed by atoms with E-state index in [1.807, 2.05) is 0 Å². The number of carbonyl (C=O) groups excluding carboxylic acids is 1. The van der Waals surface area contributed by atoms with Crippen molar-refractivity contribution in [1.29, 1.82) is 0 Å². The van der Waals surface area contributed by atoms with Gasteiger partial charge in [-0.25, -0.2) is 4.98 Å². The molecule has 0 unspecified atom stereocenters. The molecule has 0 amide bonds. The molecule has 1 aliphatic rings. The second-order valence-electron chi connectivity index (χ2n) is 4.17. The number of nitrogens with one attached hydrogen (secondary N) is 1. The lowest BCUT2D eigenvalue weighted by molar-refractivity contribution is 0.104. The van der Waals surface area contributed by atoms with Crippen LogP contribution in [0.3, 0.4) is 0 Å². The summed E-state index contributed by atoms with van der Waals surface area (Å²) < 4.78 is 10.9. The number of benzene rings is 1. The van der Waals surface area contributed by atoms with E-state index < -0.39 is 0 Å². The van der Waals surface area contributed by atoms with Gasteiger partial charge < -0.3 is 20.5 Å². The van der Waals surface area contributed by atoms with Gasteiger partial charge in [-0.3, -0.25) is 4.79 Å². The number of nitrogens with zero attached hydrogens (tertiary/aromatic N) is 1. The fourth-order valence-corrected chi connectivity index (χ4v) is 2.72. The zero-order valence-electron chi connectivity index (χ0n) is 10.8. The van der Waals surface area contributed by atoms with E-state index >= 15 is 0 Å². The molecule has 0 saturated carbocycles. The number of nitrogens with two attached hydrogens (primary N) is 1. The number of carbonyl (C=O) groups is 1. The number of hydrogen-bond acceptors (Lipinski definition) is 7. The molecule has 0 radical (unpaired) electrons. The van der Waals surface area contributed by atoms with E-state index in [9.17, 15) is 4.79 Å². The van der Waals surface area contributed by atoms with E-state index in [4.69, 9.17) is 15.2 Å². The summed E-state index contributed by atoms with van der Waals surface area (Å²) in [5.74, 6) is 1.30.